The number of aromatic amines is 2. The van der Waals surface area contributed by atoms with Gasteiger partial charge >= 0.3 is 0 Å². The first-order valence-electron chi connectivity index (χ1n) is 11.1. The Bertz CT molecular complexity index is 1450. The second-order valence-corrected chi connectivity index (χ2v) is 8.48. The molecule has 10 nitrogen and oxygen atoms in total. The molecule has 1 aliphatic rings. The molecule has 0 atom stereocenters. The number of anilines is 1. The van der Waals surface area contributed by atoms with Crippen LogP contribution in [0.1, 0.15) is 18.7 Å². The van der Waals surface area contributed by atoms with Gasteiger partial charge in [-0.25, -0.2) is 19.9 Å². The first kappa shape index (κ1) is 20.4. The lowest BCUT2D eigenvalue weighted by atomic mass is 9.88. The summed E-state index contributed by atoms with van der Waals surface area (Å²) in [5.41, 5.74) is 9.57. The van der Waals surface area contributed by atoms with Crippen LogP contribution in [0.15, 0.2) is 55.1 Å². The summed E-state index contributed by atoms with van der Waals surface area (Å²) in [6.45, 7) is 1.51. The second-order valence-electron chi connectivity index (χ2n) is 8.48. The molecule has 0 bridgehead atoms. The van der Waals surface area contributed by atoms with Gasteiger partial charge in [0.25, 0.3) is 0 Å². The maximum absolute atomic E-state index is 6.85. The van der Waals surface area contributed by atoms with Crippen molar-refractivity contribution >= 4 is 28.0 Å². The van der Waals surface area contributed by atoms with E-state index in [1.807, 2.05) is 42.5 Å². The van der Waals surface area contributed by atoms with E-state index >= 15 is 0 Å². The Morgan fingerprint density at radius 1 is 0.971 bits per heavy atom. The van der Waals surface area contributed by atoms with Crippen LogP contribution < -0.4 is 20.1 Å². The molecule has 0 aliphatic carbocycles. The first-order valence-corrected chi connectivity index (χ1v) is 11.1. The van der Waals surface area contributed by atoms with E-state index in [1.165, 1.54) is 0 Å². The summed E-state index contributed by atoms with van der Waals surface area (Å²) in [6.07, 6.45) is 4.66. The van der Waals surface area contributed by atoms with Crippen molar-refractivity contribution in [1.29, 1.82) is 0 Å². The normalized spacial score (nSPS) is 15.6. The number of methoxy groups -OCH3 is 1. The van der Waals surface area contributed by atoms with Crippen LogP contribution in [0.5, 0.6) is 17.2 Å². The number of rotatable bonds is 5. The third kappa shape index (κ3) is 3.57. The number of aromatic nitrogens is 6. The van der Waals surface area contributed by atoms with Crippen molar-refractivity contribution in [3.8, 4) is 17.2 Å². The quantitative estimate of drug-likeness (QED) is 0.366. The highest BCUT2D eigenvalue weighted by Crippen LogP contribution is 2.34. The van der Waals surface area contributed by atoms with Crippen LogP contribution in [0.3, 0.4) is 0 Å². The van der Waals surface area contributed by atoms with Crippen LogP contribution in [-0.2, 0) is 5.54 Å². The lowest BCUT2D eigenvalue weighted by molar-refractivity contribution is 0.326. The van der Waals surface area contributed by atoms with E-state index < -0.39 is 5.54 Å². The molecule has 10 heteroatoms. The van der Waals surface area contributed by atoms with Crippen LogP contribution in [0, 0.1) is 0 Å². The number of imidazole rings is 2. The van der Waals surface area contributed by atoms with E-state index in [0.717, 1.165) is 71.4 Å². The number of hydrogen-bond acceptors (Lipinski definition) is 8. The van der Waals surface area contributed by atoms with E-state index in [-0.39, 0.29) is 0 Å². The van der Waals surface area contributed by atoms with Crippen molar-refractivity contribution in [2.45, 2.75) is 18.4 Å². The fourth-order valence-corrected chi connectivity index (χ4v) is 4.41. The summed E-state index contributed by atoms with van der Waals surface area (Å²) in [5.74, 6) is 3.89. The van der Waals surface area contributed by atoms with E-state index in [9.17, 15) is 0 Å². The van der Waals surface area contributed by atoms with Crippen molar-refractivity contribution in [2.24, 2.45) is 5.73 Å². The molecule has 4 N–H and O–H groups in total. The van der Waals surface area contributed by atoms with E-state index in [2.05, 4.69) is 29.8 Å². The van der Waals surface area contributed by atoms with Gasteiger partial charge in [-0.3, -0.25) is 0 Å². The molecule has 0 radical (unpaired) electrons. The summed E-state index contributed by atoms with van der Waals surface area (Å²) in [7, 11) is 1.64. The summed E-state index contributed by atoms with van der Waals surface area (Å²) < 4.78 is 11.2. The first-order chi connectivity index (χ1) is 16.6. The number of benzene rings is 2. The highest BCUT2D eigenvalue weighted by Gasteiger charge is 2.36. The third-order valence-electron chi connectivity index (χ3n) is 6.38. The Hall–Kier alpha value is -4.18. The van der Waals surface area contributed by atoms with Crippen molar-refractivity contribution in [3.63, 3.8) is 0 Å². The Morgan fingerprint density at radius 2 is 1.74 bits per heavy atom. The van der Waals surface area contributed by atoms with Crippen LogP contribution in [0.2, 0.25) is 0 Å². The summed E-state index contributed by atoms with van der Waals surface area (Å²) in [5, 5.41) is 0. The molecule has 1 saturated heterocycles. The van der Waals surface area contributed by atoms with E-state index in [4.69, 9.17) is 20.2 Å². The molecule has 6 rings (SSSR count). The fraction of sp³-hybridized carbons (Fsp3) is 0.250. The molecule has 0 unspecified atom stereocenters. The number of fused-ring (bicyclic) bond motifs is 2. The summed E-state index contributed by atoms with van der Waals surface area (Å²) in [6, 6.07) is 13.3. The maximum atomic E-state index is 6.85. The number of ether oxygens (including phenoxy) is 2. The zero-order valence-electron chi connectivity index (χ0n) is 18.7. The number of nitrogens with zero attached hydrogens (tertiary/aromatic N) is 5. The molecule has 1 fully saturated rings. The predicted molar refractivity (Wildman–Crippen MR) is 128 cm³/mol. The fourth-order valence-electron chi connectivity index (χ4n) is 4.41. The number of nitrogens with one attached hydrogen (secondary N) is 2. The lowest BCUT2D eigenvalue weighted by Crippen LogP contribution is -2.49. The van der Waals surface area contributed by atoms with Gasteiger partial charge in [-0.2, -0.15) is 0 Å². The Kier molecular flexibility index (Phi) is 4.80. The van der Waals surface area contributed by atoms with Gasteiger partial charge < -0.3 is 30.1 Å². The molecule has 3 aromatic heterocycles. The minimum Gasteiger partial charge on any atom is -0.497 e. The Labute approximate surface area is 195 Å². The molecular formula is C24H24N8O2. The number of nitrogens with two attached hydrogens (primary N) is 1. The molecule has 4 heterocycles. The lowest BCUT2D eigenvalue weighted by Gasteiger charge is -2.38. The van der Waals surface area contributed by atoms with Crippen LogP contribution in [0.4, 0.5) is 5.82 Å². The summed E-state index contributed by atoms with van der Waals surface area (Å²) >= 11 is 0. The number of H-pyrrole nitrogens is 2. The van der Waals surface area contributed by atoms with Gasteiger partial charge in [0, 0.05) is 19.2 Å². The molecule has 172 valence electrons. The number of piperidine rings is 1. The molecule has 0 spiro atoms. The zero-order valence-corrected chi connectivity index (χ0v) is 18.7. The van der Waals surface area contributed by atoms with Crippen LogP contribution in [-0.4, -0.2) is 50.1 Å². The van der Waals surface area contributed by atoms with Gasteiger partial charge in [-0.05, 0) is 49.2 Å². The van der Waals surface area contributed by atoms with Gasteiger partial charge in [0.05, 0.1) is 30.0 Å². The van der Waals surface area contributed by atoms with Gasteiger partial charge in [0.2, 0.25) is 0 Å². The average Bonchev–Trinajstić information content (AvgIpc) is 3.52. The van der Waals surface area contributed by atoms with Gasteiger partial charge in [-0.1, -0.05) is 0 Å². The summed E-state index contributed by atoms with van der Waals surface area (Å²) in [4.78, 5) is 26.5. The average molecular weight is 457 g/mol. The highest BCUT2D eigenvalue weighted by molar-refractivity contribution is 5.82. The number of hydrogen-bond donors (Lipinski definition) is 3. The monoisotopic (exact) mass is 456 g/mol. The van der Waals surface area contributed by atoms with E-state index in [1.54, 1.807) is 19.8 Å². The molecule has 2 aromatic carbocycles. The Balaban J connectivity index is 1.20. The molecular weight excluding hydrogens is 432 g/mol. The van der Waals surface area contributed by atoms with Gasteiger partial charge in [0.15, 0.2) is 11.5 Å². The second kappa shape index (κ2) is 7.99. The van der Waals surface area contributed by atoms with Crippen LogP contribution in [0.25, 0.3) is 22.2 Å². The molecule has 1 aliphatic heterocycles. The minimum absolute atomic E-state index is 0.549. The molecule has 34 heavy (non-hydrogen) atoms. The maximum Gasteiger partial charge on any atom is 0.182 e. The van der Waals surface area contributed by atoms with Gasteiger partial charge in [0.1, 0.15) is 34.9 Å². The third-order valence-corrected chi connectivity index (χ3v) is 6.38. The molecule has 0 amide bonds. The largest absolute Gasteiger partial charge is 0.497 e. The standard InChI is InChI=1S/C24H24N8O2/c1-33-15-2-4-16(5-3-15)34-17-6-7-18-19(12-17)31-23(30-18)24(25)8-10-32(11-9-24)22-20-21(27-13-26-20)28-14-29-22/h2-7,12-14H,8-11,25H2,1H3,(H,30,31)(H,26,27,28,29). The smallest absolute Gasteiger partial charge is 0.182 e. The SMILES string of the molecule is COc1ccc(Oc2ccc3nc(C4(N)CCN(c5ncnc6nc[nH]c56)CC4)[nH]c3c2)cc1. The predicted octanol–water partition coefficient (Wildman–Crippen LogP) is 3.48. The Morgan fingerprint density at radius 3 is 2.53 bits per heavy atom. The van der Waals surface area contributed by atoms with Crippen molar-refractivity contribution in [1.82, 2.24) is 29.9 Å². The van der Waals surface area contributed by atoms with Crippen molar-refractivity contribution in [2.75, 3.05) is 25.1 Å². The molecule has 0 saturated carbocycles. The van der Waals surface area contributed by atoms with Gasteiger partial charge in [-0.15, -0.1) is 0 Å². The van der Waals surface area contributed by atoms with Crippen molar-refractivity contribution < 1.29 is 9.47 Å². The topological polar surface area (TPSA) is 131 Å². The zero-order chi connectivity index (χ0) is 23.1. The van der Waals surface area contributed by atoms with E-state index in [0.29, 0.717) is 5.65 Å². The molecule has 5 aromatic rings. The van der Waals surface area contributed by atoms with Crippen molar-refractivity contribution in [3.05, 3.63) is 60.9 Å². The minimum atomic E-state index is -0.549. The van der Waals surface area contributed by atoms with Crippen LogP contribution >= 0.6 is 0 Å². The highest BCUT2D eigenvalue weighted by atomic mass is 16.5.